The molecule has 2 aliphatic heterocycles. The first-order valence-electron chi connectivity index (χ1n) is 8.49. The predicted molar refractivity (Wildman–Crippen MR) is 87.6 cm³/mol. The van der Waals surface area contributed by atoms with Crippen molar-refractivity contribution in [2.75, 3.05) is 6.61 Å². The molecule has 2 aliphatic rings. The molecule has 27 heavy (non-hydrogen) atoms. The van der Waals surface area contributed by atoms with Crippen molar-refractivity contribution in [1.82, 2.24) is 9.55 Å². The van der Waals surface area contributed by atoms with E-state index in [0.29, 0.717) is 0 Å². The van der Waals surface area contributed by atoms with E-state index in [2.05, 4.69) is 4.98 Å². The lowest BCUT2D eigenvalue weighted by molar-refractivity contribution is -0.228. The molecule has 0 bridgehead atoms. The smallest absolute Gasteiger partial charge is 0.328 e. The number of carbonyl (C=O) groups excluding carboxylic acids is 1. The number of carbonyl (C=O) groups is 1. The van der Waals surface area contributed by atoms with Crippen LogP contribution >= 0.6 is 0 Å². The molecule has 0 saturated carbocycles. The van der Waals surface area contributed by atoms with Crippen LogP contribution in [0.4, 0.5) is 0 Å². The zero-order chi connectivity index (χ0) is 19.8. The van der Waals surface area contributed by atoms with Crippen molar-refractivity contribution in [2.45, 2.75) is 63.3 Å². The second-order valence-electron chi connectivity index (χ2n) is 6.86. The van der Waals surface area contributed by atoms with Gasteiger partial charge in [-0.15, -0.1) is 0 Å². The van der Waals surface area contributed by atoms with Crippen LogP contribution in [-0.2, 0) is 30.3 Å². The number of esters is 1. The number of aliphatic hydroxyl groups excluding tert-OH is 2. The van der Waals surface area contributed by atoms with Crippen molar-refractivity contribution in [1.29, 1.82) is 0 Å². The Balaban J connectivity index is 1.45. The highest BCUT2D eigenvalue weighted by Gasteiger charge is 2.56. The first-order chi connectivity index (χ1) is 12.7. The first kappa shape index (κ1) is 19.7. The highest BCUT2D eigenvalue weighted by atomic mass is 16.8. The number of aliphatic hydroxyl groups is 2. The van der Waals surface area contributed by atoms with Gasteiger partial charge >= 0.3 is 11.7 Å². The van der Waals surface area contributed by atoms with Gasteiger partial charge in [-0.3, -0.25) is 14.6 Å². The third-order valence-corrected chi connectivity index (χ3v) is 4.30. The van der Waals surface area contributed by atoms with Gasteiger partial charge in [0, 0.05) is 18.8 Å². The maximum atomic E-state index is 11.8. The third kappa shape index (κ3) is 4.45. The van der Waals surface area contributed by atoms with Crippen LogP contribution in [0, 0.1) is 0 Å². The number of hydrogen-bond acceptors (Lipinski definition) is 9. The standard InChI is InChI=1S/C16H22N2O9/c1-16(2)26-13-11(22)12(25-14(13)27-16)8(19)7-24-10(21)4-6-18-5-3-9(20)17-15(18)23/h3,5,8,11-14,19,22H,4,6-7H2,1-2H3,(H,17,20,23)/t8-,11+,12-,13-,14-/m1/s1. The Morgan fingerprint density at radius 1 is 1.41 bits per heavy atom. The second kappa shape index (κ2) is 7.52. The van der Waals surface area contributed by atoms with Gasteiger partial charge < -0.3 is 33.7 Å². The SMILES string of the molecule is CC1(C)O[C@H]2O[C@H]([C@H](O)COC(=O)CCn3ccc(=O)[nH]c3=O)[C@H](O)[C@H]2O1. The van der Waals surface area contributed by atoms with Crippen LogP contribution in [0.25, 0.3) is 0 Å². The predicted octanol–water partition coefficient (Wildman–Crippen LogP) is -1.93. The topological polar surface area (TPSA) is 149 Å². The molecule has 3 rings (SSSR count). The van der Waals surface area contributed by atoms with Crippen LogP contribution in [0.2, 0.25) is 0 Å². The van der Waals surface area contributed by atoms with Crippen molar-refractivity contribution >= 4 is 5.97 Å². The van der Waals surface area contributed by atoms with Gasteiger partial charge in [0.1, 0.15) is 31.0 Å². The summed E-state index contributed by atoms with van der Waals surface area (Å²) in [6, 6.07) is 1.16. The normalized spacial score (nSPS) is 30.1. The fourth-order valence-corrected chi connectivity index (χ4v) is 3.01. The number of fused-ring (bicyclic) bond motifs is 1. The number of rotatable bonds is 6. The van der Waals surface area contributed by atoms with Gasteiger partial charge in [-0.05, 0) is 13.8 Å². The van der Waals surface area contributed by atoms with E-state index in [4.69, 9.17) is 18.9 Å². The van der Waals surface area contributed by atoms with E-state index < -0.39 is 60.3 Å². The highest BCUT2D eigenvalue weighted by molar-refractivity contribution is 5.69. The average molecular weight is 386 g/mol. The van der Waals surface area contributed by atoms with Gasteiger partial charge in [-0.2, -0.15) is 0 Å². The lowest BCUT2D eigenvalue weighted by Gasteiger charge is -2.25. The minimum absolute atomic E-state index is 0.00794. The quantitative estimate of drug-likeness (QED) is 0.475. The minimum Gasteiger partial charge on any atom is -0.463 e. The Morgan fingerprint density at radius 3 is 2.81 bits per heavy atom. The maximum Gasteiger partial charge on any atom is 0.328 e. The molecule has 150 valence electrons. The minimum atomic E-state index is -1.28. The van der Waals surface area contributed by atoms with E-state index in [0.717, 1.165) is 10.6 Å². The number of aromatic amines is 1. The number of nitrogens with one attached hydrogen (secondary N) is 1. The molecule has 5 atom stereocenters. The Labute approximate surface area is 153 Å². The molecule has 2 fully saturated rings. The maximum absolute atomic E-state index is 11.8. The van der Waals surface area contributed by atoms with E-state index in [9.17, 15) is 24.6 Å². The summed E-state index contributed by atoms with van der Waals surface area (Å²) in [4.78, 5) is 36.4. The van der Waals surface area contributed by atoms with Gasteiger partial charge in [-0.25, -0.2) is 4.79 Å². The highest BCUT2D eigenvalue weighted by Crippen LogP contribution is 2.38. The molecule has 2 saturated heterocycles. The van der Waals surface area contributed by atoms with E-state index in [1.807, 2.05) is 0 Å². The van der Waals surface area contributed by atoms with Gasteiger partial charge in [0.05, 0.1) is 6.42 Å². The van der Waals surface area contributed by atoms with Crippen molar-refractivity contribution in [2.24, 2.45) is 0 Å². The summed E-state index contributed by atoms with van der Waals surface area (Å²) in [7, 11) is 0. The third-order valence-electron chi connectivity index (χ3n) is 4.30. The molecule has 0 aliphatic carbocycles. The summed E-state index contributed by atoms with van der Waals surface area (Å²) >= 11 is 0. The Morgan fingerprint density at radius 2 is 2.15 bits per heavy atom. The van der Waals surface area contributed by atoms with Gasteiger partial charge in [0.25, 0.3) is 5.56 Å². The van der Waals surface area contributed by atoms with Crippen LogP contribution < -0.4 is 11.2 Å². The summed E-state index contributed by atoms with van der Waals surface area (Å²) in [5.41, 5.74) is -1.16. The van der Waals surface area contributed by atoms with E-state index in [1.165, 1.54) is 6.20 Å². The molecule has 0 radical (unpaired) electrons. The molecule has 3 N–H and O–H groups in total. The zero-order valence-electron chi connectivity index (χ0n) is 14.9. The lowest BCUT2D eigenvalue weighted by Crippen LogP contribution is -2.43. The van der Waals surface area contributed by atoms with Crippen molar-refractivity contribution in [3.8, 4) is 0 Å². The van der Waals surface area contributed by atoms with Crippen molar-refractivity contribution < 1.29 is 34.0 Å². The molecule has 1 aromatic heterocycles. The van der Waals surface area contributed by atoms with Gasteiger partial charge in [0.2, 0.25) is 0 Å². The molecule has 1 aromatic rings. The van der Waals surface area contributed by atoms with Gasteiger partial charge in [-0.1, -0.05) is 0 Å². The fraction of sp³-hybridized carbons (Fsp3) is 0.688. The Kier molecular flexibility index (Phi) is 5.49. The summed E-state index contributed by atoms with van der Waals surface area (Å²) < 4.78 is 22.6. The molecule has 3 heterocycles. The first-order valence-corrected chi connectivity index (χ1v) is 8.49. The van der Waals surface area contributed by atoms with Crippen LogP contribution in [0.1, 0.15) is 20.3 Å². The largest absolute Gasteiger partial charge is 0.463 e. The number of H-pyrrole nitrogens is 1. The van der Waals surface area contributed by atoms with E-state index in [-0.39, 0.29) is 13.0 Å². The fourth-order valence-electron chi connectivity index (χ4n) is 3.01. The van der Waals surface area contributed by atoms with Crippen LogP contribution in [0.15, 0.2) is 21.9 Å². The average Bonchev–Trinajstić information content (AvgIpc) is 3.05. The number of aromatic nitrogens is 2. The zero-order valence-corrected chi connectivity index (χ0v) is 14.9. The molecule has 0 spiro atoms. The summed E-state index contributed by atoms with van der Waals surface area (Å²) in [6.45, 7) is 2.97. The van der Waals surface area contributed by atoms with Crippen LogP contribution in [0.5, 0.6) is 0 Å². The van der Waals surface area contributed by atoms with E-state index >= 15 is 0 Å². The molecular formula is C16H22N2O9. The van der Waals surface area contributed by atoms with E-state index in [1.54, 1.807) is 13.8 Å². The Bertz CT molecular complexity index is 802. The molecular weight excluding hydrogens is 364 g/mol. The molecule has 0 amide bonds. The van der Waals surface area contributed by atoms with Crippen molar-refractivity contribution in [3.63, 3.8) is 0 Å². The molecule has 0 unspecified atom stereocenters. The molecule has 11 heteroatoms. The monoisotopic (exact) mass is 386 g/mol. The number of aryl methyl sites for hydroxylation is 1. The van der Waals surface area contributed by atoms with Gasteiger partial charge in [0.15, 0.2) is 12.1 Å². The lowest BCUT2D eigenvalue weighted by atomic mass is 10.1. The summed E-state index contributed by atoms with van der Waals surface area (Å²) in [5, 5.41) is 20.4. The second-order valence-corrected chi connectivity index (χ2v) is 6.86. The van der Waals surface area contributed by atoms with Crippen LogP contribution in [-0.4, -0.2) is 68.8 Å². The molecule has 11 nitrogen and oxygen atoms in total. The Hall–Kier alpha value is -2.05. The number of ether oxygens (including phenoxy) is 4. The summed E-state index contributed by atoms with van der Waals surface area (Å²) in [5.74, 6) is -1.55. The summed E-state index contributed by atoms with van der Waals surface area (Å²) in [6.07, 6.45) is -3.85. The number of hydrogen-bond donors (Lipinski definition) is 3. The molecule has 0 aromatic carbocycles. The number of nitrogens with zero attached hydrogens (tertiary/aromatic N) is 1. The van der Waals surface area contributed by atoms with Crippen LogP contribution in [0.3, 0.4) is 0 Å². The van der Waals surface area contributed by atoms with Crippen molar-refractivity contribution in [3.05, 3.63) is 33.1 Å².